The molecule has 74 valence electrons. The molecule has 1 aliphatic carbocycles. The molecular formula is C10H18N2O. The van der Waals surface area contributed by atoms with Crippen LogP contribution < -0.4 is 5.32 Å². The first-order valence-electron chi connectivity index (χ1n) is 5.16. The van der Waals surface area contributed by atoms with Crippen LogP contribution in [0, 0.1) is 0 Å². The van der Waals surface area contributed by atoms with Gasteiger partial charge >= 0.3 is 0 Å². The van der Waals surface area contributed by atoms with Gasteiger partial charge in [-0.15, -0.1) is 0 Å². The van der Waals surface area contributed by atoms with Gasteiger partial charge in [0.05, 0.1) is 6.04 Å². The summed E-state index contributed by atoms with van der Waals surface area (Å²) in [6.07, 6.45) is 4.53. The maximum absolute atomic E-state index is 11.9. The summed E-state index contributed by atoms with van der Waals surface area (Å²) in [5.74, 6) is 0.314. The van der Waals surface area contributed by atoms with Crippen molar-refractivity contribution in [3.05, 3.63) is 0 Å². The summed E-state index contributed by atoms with van der Waals surface area (Å²) >= 11 is 0. The molecule has 2 fully saturated rings. The lowest BCUT2D eigenvalue weighted by Gasteiger charge is -2.36. The van der Waals surface area contributed by atoms with Gasteiger partial charge in [0.15, 0.2) is 0 Å². The van der Waals surface area contributed by atoms with Crippen LogP contribution in [0.25, 0.3) is 0 Å². The lowest BCUT2D eigenvalue weighted by molar-refractivity contribution is -0.138. The Morgan fingerprint density at radius 1 is 1.54 bits per heavy atom. The van der Waals surface area contributed by atoms with E-state index in [2.05, 4.69) is 17.1 Å². The minimum atomic E-state index is 0.0752. The highest BCUT2D eigenvalue weighted by Gasteiger charge is 2.47. The van der Waals surface area contributed by atoms with E-state index in [0.717, 1.165) is 19.4 Å². The number of rotatable bonds is 2. The van der Waals surface area contributed by atoms with Crippen LogP contribution in [0.15, 0.2) is 0 Å². The van der Waals surface area contributed by atoms with E-state index < -0.39 is 0 Å². The first-order valence-corrected chi connectivity index (χ1v) is 5.16. The van der Waals surface area contributed by atoms with Crippen molar-refractivity contribution in [3.8, 4) is 0 Å². The molecule has 3 nitrogen and oxygen atoms in total. The molecular weight excluding hydrogens is 164 g/mol. The number of nitrogens with zero attached hydrogens (tertiary/aromatic N) is 1. The fraction of sp³-hybridized carbons (Fsp3) is 0.900. The molecule has 0 spiro atoms. The highest BCUT2D eigenvalue weighted by atomic mass is 16.2. The fourth-order valence-corrected chi connectivity index (χ4v) is 2.13. The molecule has 1 unspecified atom stereocenters. The Labute approximate surface area is 79.5 Å². The number of likely N-dealkylation sites (N-methyl/N-ethyl adjacent to an activating group) is 1. The molecule has 1 amide bonds. The molecule has 1 heterocycles. The van der Waals surface area contributed by atoms with Gasteiger partial charge in [0.1, 0.15) is 0 Å². The molecule has 0 aromatic carbocycles. The third-order valence-corrected chi connectivity index (χ3v) is 3.41. The summed E-state index contributed by atoms with van der Waals surface area (Å²) in [5.41, 5.74) is 0.215. The van der Waals surface area contributed by atoms with Crippen LogP contribution in [0.1, 0.15) is 32.6 Å². The minimum absolute atomic E-state index is 0.0752. The molecule has 3 heteroatoms. The zero-order valence-corrected chi connectivity index (χ0v) is 8.47. The second-order valence-electron chi connectivity index (χ2n) is 4.47. The zero-order chi connectivity index (χ0) is 9.47. The predicted octanol–water partition coefficient (Wildman–Crippen LogP) is 0.749. The number of hydrogen-bond acceptors (Lipinski definition) is 2. The lowest BCUT2D eigenvalue weighted by Crippen LogP contribution is -2.53. The van der Waals surface area contributed by atoms with Crippen LogP contribution in [-0.4, -0.2) is 36.0 Å². The SMILES string of the molecule is CNC1CCCN(C2(C)CC2)C1=O. The topological polar surface area (TPSA) is 32.3 Å². The highest BCUT2D eigenvalue weighted by molar-refractivity contribution is 5.83. The summed E-state index contributed by atoms with van der Waals surface area (Å²) in [4.78, 5) is 14.0. The van der Waals surface area contributed by atoms with E-state index in [9.17, 15) is 4.79 Å². The van der Waals surface area contributed by atoms with Gasteiger partial charge in [-0.2, -0.15) is 0 Å². The van der Waals surface area contributed by atoms with Crippen molar-refractivity contribution in [3.63, 3.8) is 0 Å². The Balaban J connectivity index is 2.07. The molecule has 1 atom stereocenters. The Bertz CT molecular complexity index is 223. The van der Waals surface area contributed by atoms with Gasteiger partial charge in [-0.05, 0) is 39.7 Å². The Kier molecular flexibility index (Phi) is 2.06. The van der Waals surface area contributed by atoms with Crippen molar-refractivity contribution >= 4 is 5.91 Å². The van der Waals surface area contributed by atoms with E-state index >= 15 is 0 Å². The van der Waals surface area contributed by atoms with Crippen molar-refractivity contribution in [2.75, 3.05) is 13.6 Å². The van der Waals surface area contributed by atoms with Gasteiger partial charge < -0.3 is 10.2 Å². The number of carbonyl (C=O) groups is 1. The van der Waals surface area contributed by atoms with E-state index in [1.54, 1.807) is 0 Å². The smallest absolute Gasteiger partial charge is 0.240 e. The lowest BCUT2D eigenvalue weighted by atomic mass is 10.0. The van der Waals surface area contributed by atoms with E-state index in [-0.39, 0.29) is 11.6 Å². The largest absolute Gasteiger partial charge is 0.336 e. The molecule has 1 saturated heterocycles. The van der Waals surface area contributed by atoms with Crippen molar-refractivity contribution in [1.82, 2.24) is 10.2 Å². The summed E-state index contributed by atoms with van der Waals surface area (Å²) in [7, 11) is 1.88. The summed E-state index contributed by atoms with van der Waals surface area (Å²) in [6, 6.07) is 0.0752. The quantitative estimate of drug-likeness (QED) is 0.683. The predicted molar refractivity (Wildman–Crippen MR) is 51.4 cm³/mol. The van der Waals surface area contributed by atoms with Crippen molar-refractivity contribution in [1.29, 1.82) is 0 Å². The zero-order valence-electron chi connectivity index (χ0n) is 8.47. The number of hydrogen-bond donors (Lipinski definition) is 1. The minimum Gasteiger partial charge on any atom is -0.336 e. The highest BCUT2D eigenvalue weighted by Crippen LogP contribution is 2.42. The van der Waals surface area contributed by atoms with Gasteiger partial charge in [0.25, 0.3) is 0 Å². The van der Waals surface area contributed by atoms with E-state index in [1.807, 2.05) is 7.05 Å². The van der Waals surface area contributed by atoms with Crippen LogP contribution >= 0.6 is 0 Å². The van der Waals surface area contributed by atoms with Gasteiger partial charge in [-0.3, -0.25) is 4.79 Å². The molecule has 1 saturated carbocycles. The summed E-state index contributed by atoms with van der Waals surface area (Å²) in [5, 5.41) is 3.09. The van der Waals surface area contributed by atoms with Gasteiger partial charge in [0.2, 0.25) is 5.91 Å². The molecule has 0 aromatic rings. The third kappa shape index (κ3) is 1.46. The van der Waals surface area contributed by atoms with Crippen molar-refractivity contribution in [2.45, 2.75) is 44.2 Å². The maximum Gasteiger partial charge on any atom is 0.240 e. The second-order valence-corrected chi connectivity index (χ2v) is 4.47. The summed E-state index contributed by atoms with van der Waals surface area (Å²) < 4.78 is 0. The van der Waals surface area contributed by atoms with Crippen LogP contribution in [0.5, 0.6) is 0 Å². The number of amides is 1. The van der Waals surface area contributed by atoms with Crippen LogP contribution in [-0.2, 0) is 4.79 Å². The molecule has 1 N–H and O–H groups in total. The van der Waals surface area contributed by atoms with Crippen molar-refractivity contribution < 1.29 is 4.79 Å². The first-order chi connectivity index (χ1) is 6.17. The molecule has 13 heavy (non-hydrogen) atoms. The summed E-state index contributed by atoms with van der Waals surface area (Å²) in [6.45, 7) is 3.16. The van der Waals surface area contributed by atoms with E-state index in [0.29, 0.717) is 5.91 Å². The molecule has 1 aliphatic heterocycles. The molecule has 2 aliphatic rings. The molecule has 0 radical (unpaired) electrons. The van der Waals surface area contributed by atoms with Crippen molar-refractivity contribution in [2.24, 2.45) is 0 Å². The van der Waals surface area contributed by atoms with Crippen LogP contribution in [0.3, 0.4) is 0 Å². The standard InChI is InChI=1S/C10H18N2O/c1-10(5-6-10)12-7-3-4-8(11-2)9(12)13/h8,11H,3-7H2,1-2H3. The average molecular weight is 182 g/mol. The third-order valence-electron chi connectivity index (χ3n) is 3.41. The van der Waals surface area contributed by atoms with Gasteiger partial charge in [-0.1, -0.05) is 0 Å². The second kappa shape index (κ2) is 2.98. The van der Waals surface area contributed by atoms with E-state index in [1.165, 1.54) is 12.8 Å². The normalized spacial score (nSPS) is 32.0. The Hall–Kier alpha value is -0.570. The van der Waals surface area contributed by atoms with Crippen LogP contribution in [0.4, 0.5) is 0 Å². The average Bonchev–Trinajstić information content (AvgIpc) is 2.85. The Morgan fingerprint density at radius 2 is 2.23 bits per heavy atom. The van der Waals surface area contributed by atoms with E-state index in [4.69, 9.17) is 0 Å². The monoisotopic (exact) mass is 182 g/mol. The Morgan fingerprint density at radius 3 is 2.77 bits per heavy atom. The number of nitrogens with one attached hydrogen (secondary N) is 1. The number of piperidine rings is 1. The van der Waals surface area contributed by atoms with Gasteiger partial charge in [-0.25, -0.2) is 0 Å². The molecule has 0 aromatic heterocycles. The number of carbonyl (C=O) groups excluding carboxylic acids is 1. The molecule has 0 bridgehead atoms. The molecule has 2 rings (SSSR count). The van der Waals surface area contributed by atoms with Gasteiger partial charge in [0, 0.05) is 12.1 Å². The fourth-order valence-electron chi connectivity index (χ4n) is 2.13. The first kappa shape index (κ1) is 9.00. The van der Waals surface area contributed by atoms with Crippen LogP contribution in [0.2, 0.25) is 0 Å². The number of likely N-dealkylation sites (tertiary alicyclic amines) is 1. The maximum atomic E-state index is 11.9.